The maximum atomic E-state index is 10.7. The third-order valence-electron chi connectivity index (χ3n) is 2.18. The summed E-state index contributed by atoms with van der Waals surface area (Å²) >= 11 is 0. The van der Waals surface area contributed by atoms with Crippen molar-refractivity contribution in [2.24, 2.45) is 0 Å². The number of carboxylic acids is 1. The summed E-state index contributed by atoms with van der Waals surface area (Å²) in [5.41, 5.74) is 0.201. The van der Waals surface area contributed by atoms with Crippen LogP contribution in [-0.2, 0) is 0 Å². The standard InChI is InChI=1S/C10H12N2O3/c13-10(14)8-1-2-11-9(7-8)15-6-5-12-3-4-12/h1-2,7H,3-6H2,(H,13,14). The zero-order valence-electron chi connectivity index (χ0n) is 8.22. The van der Waals surface area contributed by atoms with E-state index < -0.39 is 5.97 Å². The molecule has 0 spiro atoms. The zero-order chi connectivity index (χ0) is 10.7. The molecule has 80 valence electrons. The lowest BCUT2D eigenvalue weighted by Gasteiger charge is -2.05. The average Bonchev–Trinajstić information content (AvgIpc) is 3.02. The molecule has 0 aliphatic carbocycles. The summed E-state index contributed by atoms with van der Waals surface area (Å²) < 4.78 is 5.33. The Morgan fingerprint density at radius 2 is 2.40 bits per heavy atom. The molecule has 1 saturated heterocycles. The molecule has 0 saturated carbocycles. The second-order valence-electron chi connectivity index (χ2n) is 3.38. The molecule has 1 aliphatic rings. The van der Waals surface area contributed by atoms with Crippen molar-refractivity contribution in [2.75, 3.05) is 26.2 Å². The quantitative estimate of drug-likeness (QED) is 0.713. The lowest BCUT2D eigenvalue weighted by atomic mass is 10.3. The topological polar surface area (TPSA) is 62.4 Å². The monoisotopic (exact) mass is 208 g/mol. The van der Waals surface area contributed by atoms with E-state index >= 15 is 0 Å². The molecule has 1 aromatic heterocycles. The summed E-state index contributed by atoms with van der Waals surface area (Å²) in [7, 11) is 0. The van der Waals surface area contributed by atoms with Crippen molar-refractivity contribution in [3.8, 4) is 5.88 Å². The minimum Gasteiger partial charge on any atom is -0.478 e. The highest BCUT2D eigenvalue weighted by molar-refractivity contribution is 5.87. The van der Waals surface area contributed by atoms with Gasteiger partial charge < -0.3 is 9.84 Å². The first kappa shape index (κ1) is 9.92. The van der Waals surface area contributed by atoms with Crippen LogP contribution >= 0.6 is 0 Å². The molecule has 2 rings (SSSR count). The molecule has 1 aromatic rings. The fraction of sp³-hybridized carbons (Fsp3) is 0.400. The first-order valence-corrected chi connectivity index (χ1v) is 4.80. The van der Waals surface area contributed by atoms with Crippen LogP contribution in [-0.4, -0.2) is 47.2 Å². The van der Waals surface area contributed by atoms with E-state index in [-0.39, 0.29) is 5.56 Å². The van der Waals surface area contributed by atoms with Crippen LogP contribution in [0.3, 0.4) is 0 Å². The SMILES string of the molecule is O=C(O)c1ccnc(OCCN2CC2)c1. The van der Waals surface area contributed by atoms with Crippen molar-refractivity contribution in [3.63, 3.8) is 0 Å². The van der Waals surface area contributed by atoms with Gasteiger partial charge in [-0.05, 0) is 6.07 Å². The fourth-order valence-corrected chi connectivity index (χ4v) is 1.20. The maximum absolute atomic E-state index is 10.7. The molecule has 5 nitrogen and oxygen atoms in total. The summed E-state index contributed by atoms with van der Waals surface area (Å²) in [4.78, 5) is 16.8. The van der Waals surface area contributed by atoms with Gasteiger partial charge in [-0.2, -0.15) is 0 Å². The summed E-state index contributed by atoms with van der Waals surface area (Å²) in [5.74, 6) is -0.593. The second kappa shape index (κ2) is 4.27. The number of carbonyl (C=O) groups is 1. The summed E-state index contributed by atoms with van der Waals surface area (Å²) in [6.07, 6.45) is 1.44. The smallest absolute Gasteiger partial charge is 0.335 e. The highest BCUT2D eigenvalue weighted by atomic mass is 16.5. The molecule has 1 fully saturated rings. The predicted molar refractivity (Wildman–Crippen MR) is 53.1 cm³/mol. The van der Waals surface area contributed by atoms with E-state index in [2.05, 4.69) is 9.88 Å². The number of hydrogen-bond acceptors (Lipinski definition) is 4. The highest BCUT2D eigenvalue weighted by Gasteiger charge is 2.16. The number of aromatic nitrogens is 1. The minimum absolute atomic E-state index is 0.201. The number of ether oxygens (including phenoxy) is 1. The van der Waals surface area contributed by atoms with Crippen LogP contribution in [0.5, 0.6) is 5.88 Å². The van der Waals surface area contributed by atoms with Crippen molar-refractivity contribution < 1.29 is 14.6 Å². The minimum atomic E-state index is -0.965. The van der Waals surface area contributed by atoms with Gasteiger partial charge in [-0.25, -0.2) is 9.78 Å². The first-order valence-electron chi connectivity index (χ1n) is 4.80. The number of hydrogen-bond donors (Lipinski definition) is 1. The van der Waals surface area contributed by atoms with E-state index in [1.54, 1.807) is 0 Å². The van der Waals surface area contributed by atoms with Crippen LogP contribution in [0.2, 0.25) is 0 Å². The van der Waals surface area contributed by atoms with Gasteiger partial charge in [-0.15, -0.1) is 0 Å². The lowest BCUT2D eigenvalue weighted by Crippen LogP contribution is -2.11. The van der Waals surface area contributed by atoms with Crippen molar-refractivity contribution in [1.82, 2.24) is 9.88 Å². The first-order chi connectivity index (χ1) is 7.25. The molecule has 0 unspecified atom stereocenters. The molecular formula is C10H12N2O3. The van der Waals surface area contributed by atoms with E-state index in [1.807, 2.05) is 0 Å². The number of nitrogens with zero attached hydrogens (tertiary/aromatic N) is 2. The predicted octanol–water partition coefficient (Wildman–Crippen LogP) is 0.474. The van der Waals surface area contributed by atoms with Crippen molar-refractivity contribution in [1.29, 1.82) is 0 Å². The number of pyridine rings is 1. The van der Waals surface area contributed by atoms with Gasteiger partial charge in [0.05, 0.1) is 5.56 Å². The normalized spacial score (nSPS) is 14.9. The Kier molecular flexibility index (Phi) is 2.82. The Labute approximate surface area is 87.3 Å². The molecule has 0 atom stereocenters. The van der Waals surface area contributed by atoms with E-state index in [0.717, 1.165) is 19.6 Å². The van der Waals surface area contributed by atoms with Crippen molar-refractivity contribution in [2.45, 2.75) is 0 Å². The average molecular weight is 208 g/mol. The van der Waals surface area contributed by atoms with E-state index in [9.17, 15) is 4.79 Å². The molecule has 15 heavy (non-hydrogen) atoms. The fourth-order valence-electron chi connectivity index (χ4n) is 1.20. The number of aromatic carboxylic acids is 1. The summed E-state index contributed by atoms with van der Waals surface area (Å²) in [5, 5.41) is 8.74. The van der Waals surface area contributed by atoms with Crippen LogP contribution in [0, 0.1) is 0 Å². The van der Waals surface area contributed by atoms with Gasteiger partial charge in [-0.1, -0.05) is 0 Å². The molecule has 0 radical (unpaired) electrons. The van der Waals surface area contributed by atoms with E-state index in [0.29, 0.717) is 12.5 Å². The summed E-state index contributed by atoms with van der Waals surface area (Å²) in [6, 6.07) is 2.88. The number of rotatable bonds is 5. The second-order valence-corrected chi connectivity index (χ2v) is 3.38. The third-order valence-corrected chi connectivity index (χ3v) is 2.18. The molecule has 1 aliphatic heterocycles. The van der Waals surface area contributed by atoms with Gasteiger partial charge >= 0.3 is 5.97 Å². The molecule has 0 aromatic carbocycles. The number of carboxylic acid groups (broad SMARTS) is 1. The van der Waals surface area contributed by atoms with Crippen molar-refractivity contribution >= 4 is 5.97 Å². The Morgan fingerprint density at radius 3 is 3.07 bits per heavy atom. The van der Waals surface area contributed by atoms with Gasteiger partial charge in [0.25, 0.3) is 0 Å². The third kappa shape index (κ3) is 2.92. The Bertz CT molecular complexity index is 363. The van der Waals surface area contributed by atoms with Crippen LogP contribution in [0.1, 0.15) is 10.4 Å². The maximum Gasteiger partial charge on any atom is 0.335 e. The van der Waals surface area contributed by atoms with Crippen molar-refractivity contribution in [3.05, 3.63) is 23.9 Å². The van der Waals surface area contributed by atoms with Crippen LogP contribution in [0.25, 0.3) is 0 Å². The van der Waals surface area contributed by atoms with Gasteiger partial charge in [0, 0.05) is 31.9 Å². The van der Waals surface area contributed by atoms with Gasteiger partial charge in [0.15, 0.2) is 0 Å². The molecule has 5 heteroatoms. The molecule has 2 heterocycles. The van der Waals surface area contributed by atoms with Gasteiger partial charge in [-0.3, -0.25) is 4.90 Å². The lowest BCUT2D eigenvalue weighted by molar-refractivity contribution is 0.0696. The van der Waals surface area contributed by atoms with Crippen LogP contribution in [0.4, 0.5) is 0 Å². The largest absolute Gasteiger partial charge is 0.478 e. The van der Waals surface area contributed by atoms with E-state index in [1.165, 1.54) is 18.3 Å². The van der Waals surface area contributed by atoms with Gasteiger partial charge in [0.1, 0.15) is 6.61 Å². The Morgan fingerprint density at radius 1 is 1.60 bits per heavy atom. The van der Waals surface area contributed by atoms with Crippen LogP contribution in [0.15, 0.2) is 18.3 Å². The van der Waals surface area contributed by atoms with E-state index in [4.69, 9.17) is 9.84 Å². The van der Waals surface area contributed by atoms with Crippen LogP contribution < -0.4 is 4.74 Å². The van der Waals surface area contributed by atoms with Gasteiger partial charge in [0.2, 0.25) is 5.88 Å². The molecule has 0 amide bonds. The molecule has 1 N–H and O–H groups in total. The summed E-state index contributed by atoms with van der Waals surface area (Å²) in [6.45, 7) is 3.69. The Hall–Kier alpha value is -1.62. The molecular weight excluding hydrogens is 196 g/mol. The highest BCUT2D eigenvalue weighted by Crippen LogP contribution is 2.10. The Balaban J connectivity index is 1.88. The zero-order valence-corrected chi connectivity index (χ0v) is 8.22. The molecule has 0 bridgehead atoms.